The van der Waals surface area contributed by atoms with Crippen LogP contribution in [0.3, 0.4) is 0 Å². The van der Waals surface area contributed by atoms with Crippen LogP contribution in [0.5, 0.6) is 0 Å². The molecule has 2 aliphatic heterocycles. The average Bonchev–Trinajstić information content (AvgIpc) is 2.99. The Kier molecular flexibility index (Phi) is 6.16. The molecule has 1 aliphatic carbocycles. The largest absolute Gasteiger partial charge is 0.483 e. The standard InChI is InChI=1S/C23H27ClFNO4/c1-13(2)29-11-3-10-26-20(14-4-6-15(24)7-5-14)19-21(27)17-12-16(25)8-9-18(17)30-22(19)23(26)28/h4-7,13,16-18,20H,3,8-12H2,1-2H3. The minimum Gasteiger partial charge on any atom is -0.483 e. The first-order chi connectivity index (χ1) is 14.4. The molecule has 1 aromatic rings. The van der Waals surface area contributed by atoms with Crippen molar-refractivity contribution in [2.24, 2.45) is 5.92 Å². The van der Waals surface area contributed by atoms with Gasteiger partial charge in [0, 0.05) is 18.2 Å². The van der Waals surface area contributed by atoms with Gasteiger partial charge in [0.25, 0.3) is 5.91 Å². The highest BCUT2D eigenvalue weighted by Crippen LogP contribution is 2.47. The highest BCUT2D eigenvalue weighted by molar-refractivity contribution is 6.30. The van der Waals surface area contributed by atoms with Crippen molar-refractivity contribution in [2.45, 2.75) is 64.0 Å². The summed E-state index contributed by atoms with van der Waals surface area (Å²) in [4.78, 5) is 28.3. The smallest absolute Gasteiger partial charge is 0.290 e. The van der Waals surface area contributed by atoms with E-state index in [1.807, 2.05) is 26.0 Å². The molecular weight excluding hydrogens is 409 g/mol. The Morgan fingerprint density at radius 3 is 2.67 bits per heavy atom. The molecule has 1 aromatic carbocycles. The minimum absolute atomic E-state index is 0.111. The van der Waals surface area contributed by atoms with Gasteiger partial charge in [-0.25, -0.2) is 4.39 Å². The van der Waals surface area contributed by atoms with E-state index < -0.39 is 24.2 Å². The number of hydrogen-bond donors (Lipinski definition) is 0. The summed E-state index contributed by atoms with van der Waals surface area (Å²) in [5, 5.41) is 0.577. The molecule has 0 N–H and O–H groups in total. The van der Waals surface area contributed by atoms with Gasteiger partial charge in [0.2, 0.25) is 0 Å². The monoisotopic (exact) mass is 435 g/mol. The number of carbonyl (C=O) groups excluding carboxylic acids is 2. The zero-order chi connectivity index (χ0) is 21.4. The van der Waals surface area contributed by atoms with Crippen molar-refractivity contribution in [1.82, 2.24) is 4.90 Å². The van der Waals surface area contributed by atoms with Crippen LogP contribution in [0.15, 0.2) is 35.6 Å². The van der Waals surface area contributed by atoms with Crippen LogP contribution in [0.1, 0.15) is 51.1 Å². The summed E-state index contributed by atoms with van der Waals surface area (Å²) in [5.41, 5.74) is 1.16. The lowest BCUT2D eigenvalue weighted by Gasteiger charge is -2.36. The molecule has 7 heteroatoms. The number of amides is 1. The van der Waals surface area contributed by atoms with Gasteiger partial charge in [0.05, 0.1) is 23.6 Å². The van der Waals surface area contributed by atoms with E-state index in [1.54, 1.807) is 17.0 Å². The van der Waals surface area contributed by atoms with E-state index in [0.29, 0.717) is 43.0 Å². The molecule has 0 aromatic heterocycles. The maximum Gasteiger partial charge on any atom is 0.290 e. The number of ether oxygens (including phenoxy) is 2. The topological polar surface area (TPSA) is 55.8 Å². The van der Waals surface area contributed by atoms with E-state index in [9.17, 15) is 14.0 Å². The fourth-order valence-electron chi connectivity index (χ4n) is 4.64. The first-order valence-electron chi connectivity index (χ1n) is 10.6. The van der Waals surface area contributed by atoms with Gasteiger partial charge >= 0.3 is 0 Å². The van der Waals surface area contributed by atoms with Crippen molar-refractivity contribution in [1.29, 1.82) is 0 Å². The fraction of sp³-hybridized carbons (Fsp3) is 0.565. The third-order valence-electron chi connectivity index (χ3n) is 6.06. The van der Waals surface area contributed by atoms with Crippen LogP contribution in [-0.4, -0.2) is 48.1 Å². The molecule has 1 saturated carbocycles. The SMILES string of the molecule is CC(C)OCCCN1C(=O)C2=C(C(=O)C3CC(F)CCC3O2)C1c1ccc(Cl)cc1. The van der Waals surface area contributed by atoms with E-state index in [4.69, 9.17) is 21.1 Å². The second-order valence-electron chi connectivity index (χ2n) is 8.51. The second kappa shape index (κ2) is 8.67. The molecule has 3 aliphatic rings. The van der Waals surface area contributed by atoms with Crippen molar-refractivity contribution < 1.29 is 23.5 Å². The predicted molar refractivity (Wildman–Crippen MR) is 111 cm³/mol. The van der Waals surface area contributed by atoms with Gasteiger partial charge < -0.3 is 14.4 Å². The van der Waals surface area contributed by atoms with E-state index in [2.05, 4.69) is 0 Å². The molecule has 1 fully saturated rings. The van der Waals surface area contributed by atoms with Crippen LogP contribution < -0.4 is 0 Å². The lowest BCUT2D eigenvalue weighted by atomic mass is 9.77. The van der Waals surface area contributed by atoms with Crippen LogP contribution in [0.2, 0.25) is 5.02 Å². The Hall–Kier alpha value is -1.92. The van der Waals surface area contributed by atoms with Crippen molar-refractivity contribution in [3.8, 4) is 0 Å². The number of rotatable bonds is 6. The van der Waals surface area contributed by atoms with Gasteiger partial charge in [-0.15, -0.1) is 0 Å². The molecule has 4 atom stereocenters. The Balaban J connectivity index is 1.65. The van der Waals surface area contributed by atoms with Gasteiger partial charge in [-0.2, -0.15) is 0 Å². The number of alkyl halides is 1. The Morgan fingerprint density at radius 2 is 1.97 bits per heavy atom. The quantitative estimate of drug-likeness (QED) is 0.621. The fourth-order valence-corrected chi connectivity index (χ4v) is 4.77. The second-order valence-corrected chi connectivity index (χ2v) is 8.94. The molecule has 4 unspecified atom stereocenters. The zero-order valence-electron chi connectivity index (χ0n) is 17.3. The summed E-state index contributed by atoms with van der Waals surface area (Å²) in [6.07, 6.45) is 0.307. The molecule has 0 bridgehead atoms. The van der Waals surface area contributed by atoms with Crippen LogP contribution in [0.25, 0.3) is 0 Å². The molecule has 30 heavy (non-hydrogen) atoms. The third kappa shape index (κ3) is 4.00. The van der Waals surface area contributed by atoms with Crippen molar-refractivity contribution in [3.05, 3.63) is 46.2 Å². The predicted octanol–water partition coefficient (Wildman–Crippen LogP) is 4.40. The molecule has 0 spiro atoms. The summed E-state index contributed by atoms with van der Waals surface area (Å²) >= 11 is 6.05. The summed E-state index contributed by atoms with van der Waals surface area (Å²) in [6, 6.07) is 6.60. The highest BCUT2D eigenvalue weighted by atomic mass is 35.5. The number of fused-ring (bicyclic) bond motifs is 1. The van der Waals surface area contributed by atoms with E-state index in [-0.39, 0.29) is 30.0 Å². The lowest BCUT2D eigenvalue weighted by Crippen LogP contribution is -2.42. The van der Waals surface area contributed by atoms with Crippen LogP contribution in [-0.2, 0) is 19.1 Å². The summed E-state index contributed by atoms with van der Waals surface area (Å²) in [6.45, 7) is 4.88. The van der Waals surface area contributed by atoms with Crippen molar-refractivity contribution in [2.75, 3.05) is 13.2 Å². The molecule has 0 saturated heterocycles. The van der Waals surface area contributed by atoms with Crippen LogP contribution >= 0.6 is 11.6 Å². The van der Waals surface area contributed by atoms with Crippen LogP contribution in [0, 0.1) is 5.92 Å². The van der Waals surface area contributed by atoms with Gasteiger partial charge in [0.1, 0.15) is 12.3 Å². The third-order valence-corrected chi connectivity index (χ3v) is 6.31. The van der Waals surface area contributed by atoms with E-state index >= 15 is 0 Å². The average molecular weight is 436 g/mol. The van der Waals surface area contributed by atoms with E-state index in [0.717, 1.165) is 5.56 Å². The van der Waals surface area contributed by atoms with Gasteiger partial charge in [0.15, 0.2) is 11.5 Å². The molecule has 2 heterocycles. The van der Waals surface area contributed by atoms with Crippen molar-refractivity contribution in [3.63, 3.8) is 0 Å². The Morgan fingerprint density at radius 1 is 1.23 bits per heavy atom. The van der Waals surface area contributed by atoms with Gasteiger partial charge in [-0.3, -0.25) is 9.59 Å². The molecule has 5 nitrogen and oxygen atoms in total. The lowest BCUT2D eigenvalue weighted by molar-refractivity contribution is -0.136. The molecule has 0 radical (unpaired) electrons. The van der Waals surface area contributed by atoms with Gasteiger partial charge in [-0.05, 0) is 57.2 Å². The van der Waals surface area contributed by atoms with Crippen molar-refractivity contribution >= 4 is 23.3 Å². The number of nitrogens with zero attached hydrogens (tertiary/aromatic N) is 1. The number of benzene rings is 1. The molecule has 4 rings (SSSR count). The molecular formula is C23H27ClFNO4. The number of hydrogen-bond acceptors (Lipinski definition) is 4. The van der Waals surface area contributed by atoms with Crippen LogP contribution in [0.4, 0.5) is 4.39 Å². The number of halogens is 2. The molecule has 162 valence electrons. The first kappa shape index (κ1) is 21.3. The highest BCUT2D eigenvalue weighted by Gasteiger charge is 2.52. The zero-order valence-corrected chi connectivity index (χ0v) is 18.0. The first-order valence-corrected chi connectivity index (χ1v) is 11.0. The maximum absolute atomic E-state index is 14.0. The molecule has 1 amide bonds. The number of ketones is 1. The Labute approximate surface area is 181 Å². The minimum atomic E-state index is -1.00. The normalized spacial score (nSPS) is 28.6. The summed E-state index contributed by atoms with van der Waals surface area (Å²) < 4.78 is 25.7. The number of carbonyl (C=O) groups is 2. The van der Waals surface area contributed by atoms with E-state index in [1.165, 1.54) is 0 Å². The summed E-state index contributed by atoms with van der Waals surface area (Å²) in [5.74, 6) is -0.816. The number of Topliss-reactive ketones (excluding diaryl/α,β-unsaturated/α-hetero) is 1. The maximum atomic E-state index is 14.0. The summed E-state index contributed by atoms with van der Waals surface area (Å²) in [7, 11) is 0. The Bertz CT molecular complexity index is 853. The van der Waals surface area contributed by atoms with Gasteiger partial charge in [-0.1, -0.05) is 23.7 Å².